The lowest BCUT2D eigenvalue weighted by Gasteiger charge is -2.16. The highest BCUT2D eigenvalue weighted by atomic mass is 16.5. The van der Waals surface area contributed by atoms with Crippen LogP contribution in [0.4, 0.5) is 0 Å². The van der Waals surface area contributed by atoms with E-state index in [4.69, 9.17) is 9.84 Å². The highest BCUT2D eigenvalue weighted by molar-refractivity contribution is 5.78. The first kappa shape index (κ1) is 12.7. The van der Waals surface area contributed by atoms with Crippen LogP contribution in [-0.4, -0.2) is 29.4 Å². The van der Waals surface area contributed by atoms with E-state index in [1.807, 2.05) is 0 Å². The lowest BCUT2D eigenvalue weighted by atomic mass is 9.95. The Morgan fingerprint density at radius 3 is 2.62 bits per heavy atom. The van der Waals surface area contributed by atoms with Crippen LogP contribution in [0.25, 0.3) is 0 Å². The summed E-state index contributed by atoms with van der Waals surface area (Å²) in [6.45, 7) is 1.50. The number of carbonyl (C=O) groups excluding carboxylic acids is 1. The number of hydrogen-bond donors (Lipinski definition) is 2. The molecule has 1 aromatic carbocycles. The van der Waals surface area contributed by atoms with Crippen LogP contribution in [0.2, 0.25) is 0 Å². The maximum Gasteiger partial charge on any atom is 0.315 e. The molecule has 0 spiro atoms. The number of aliphatic hydroxyl groups excluding tert-OH is 2. The van der Waals surface area contributed by atoms with Crippen molar-refractivity contribution < 1.29 is 19.7 Å². The lowest BCUT2D eigenvalue weighted by Crippen LogP contribution is -2.20. The molecule has 0 aliphatic rings. The van der Waals surface area contributed by atoms with Crippen LogP contribution in [0.3, 0.4) is 0 Å². The van der Waals surface area contributed by atoms with Crippen LogP contribution < -0.4 is 0 Å². The third kappa shape index (κ3) is 2.81. The van der Waals surface area contributed by atoms with Gasteiger partial charge in [0.25, 0.3) is 0 Å². The largest absolute Gasteiger partial charge is 0.465 e. The van der Waals surface area contributed by atoms with Gasteiger partial charge in [0.1, 0.15) is 5.92 Å². The van der Waals surface area contributed by atoms with Crippen LogP contribution in [0.15, 0.2) is 24.3 Å². The second-order valence-corrected chi connectivity index (χ2v) is 3.34. The van der Waals surface area contributed by atoms with Gasteiger partial charge in [-0.1, -0.05) is 24.3 Å². The molecule has 1 atom stereocenters. The predicted molar refractivity (Wildman–Crippen MR) is 58.8 cm³/mol. The molecule has 0 saturated carbocycles. The van der Waals surface area contributed by atoms with Crippen molar-refractivity contribution in [1.82, 2.24) is 0 Å². The van der Waals surface area contributed by atoms with E-state index < -0.39 is 11.9 Å². The smallest absolute Gasteiger partial charge is 0.315 e. The Morgan fingerprint density at radius 1 is 1.38 bits per heavy atom. The number of esters is 1. The first-order valence-electron chi connectivity index (χ1n) is 5.20. The molecule has 16 heavy (non-hydrogen) atoms. The van der Waals surface area contributed by atoms with Gasteiger partial charge < -0.3 is 14.9 Å². The van der Waals surface area contributed by atoms with E-state index in [2.05, 4.69) is 0 Å². The maximum absolute atomic E-state index is 11.6. The number of aliphatic hydroxyl groups is 2. The van der Waals surface area contributed by atoms with Crippen molar-refractivity contribution >= 4 is 5.97 Å². The zero-order chi connectivity index (χ0) is 12.0. The number of benzene rings is 1. The van der Waals surface area contributed by atoms with Gasteiger partial charge >= 0.3 is 5.97 Å². The summed E-state index contributed by atoms with van der Waals surface area (Å²) in [4.78, 5) is 11.6. The van der Waals surface area contributed by atoms with Gasteiger partial charge in [-0.15, -0.1) is 0 Å². The summed E-state index contributed by atoms with van der Waals surface area (Å²) in [5, 5.41) is 18.4. The summed E-state index contributed by atoms with van der Waals surface area (Å²) in [5.41, 5.74) is 1.25. The minimum absolute atomic E-state index is 0.161. The summed E-state index contributed by atoms with van der Waals surface area (Å²) < 4.78 is 4.87. The van der Waals surface area contributed by atoms with Gasteiger partial charge in [-0.2, -0.15) is 0 Å². The monoisotopic (exact) mass is 224 g/mol. The SMILES string of the molecule is CCOC(=O)C(CO)c1ccccc1CO. The van der Waals surface area contributed by atoms with Crippen LogP contribution in [0, 0.1) is 0 Å². The minimum Gasteiger partial charge on any atom is -0.465 e. The van der Waals surface area contributed by atoms with Crippen LogP contribution >= 0.6 is 0 Å². The van der Waals surface area contributed by atoms with Crippen molar-refractivity contribution in [2.45, 2.75) is 19.4 Å². The van der Waals surface area contributed by atoms with E-state index in [0.29, 0.717) is 11.1 Å². The molecule has 0 heterocycles. The molecule has 1 aromatic rings. The summed E-state index contributed by atoms with van der Waals surface area (Å²) in [5.74, 6) is -1.19. The van der Waals surface area contributed by atoms with Gasteiger partial charge in [-0.05, 0) is 18.1 Å². The molecule has 1 rings (SSSR count). The van der Waals surface area contributed by atoms with E-state index in [0.717, 1.165) is 0 Å². The summed E-state index contributed by atoms with van der Waals surface area (Å²) in [7, 11) is 0. The Labute approximate surface area is 94.5 Å². The first-order valence-corrected chi connectivity index (χ1v) is 5.20. The van der Waals surface area contributed by atoms with Crippen molar-refractivity contribution in [3.8, 4) is 0 Å². The molecule has 2 N–H and O–H groups in total. The van der Waals surface area contributed by atoms with Crippen molar-refractivity contribution in [2.75, 3.05) is 13.2 Å². The number of rotatable bonds is 5. The highest BCUT2D eigenvalue weighted by Crippen LogP contribution is 2.21. The van der Waals surface area contributed by atoms with Gasteiger partial charge in [0.05, 0.1) is 19.8 Å². The van der Waals surface area contributed by atoms with E-state index in [-0.39, 0.29) is 19.8 Å². The van der Waals surface area contributed by atoms with E-state index >= 15 is 0 Å². The third-order valence-corrected chi connectivity index (χ3v) is 2.35. The second-order valence-electron chi connectivity index (χ2n) is 3.34. The molecule has 0 amide bonds. The fraction of sp³-hybridized carbons (Fsp3) is 0.417. The predicted octanol–water partition coefficient (Wildman–Crippen LogP) is 0.818. The summed E-state index contributed by atoms with van der Waals surface area (Å²) in [6, 6.07) is 6.96. The van der Waals surface area contributed by atoms with Crippen molar-refractivity contribution in [2.24, 2.45) is 0 Å². The zero-order valence-electron chi connectivity index (χ0n) is 9.22. The normalized spacial score (nSPS) is 12.2. The lowest BCUT2D eigenvalue weighted by molar-refractivity contribution is -0.145. The van der Waals surface area contributed by atoms with Gasteiger partial charge in [0.15, 0.2) is 0 Å². The molecule has 0 aromatic heterocycles. The molecule has 4 heteroatoms. The molecule has 0 bridgehead atoms. The quantitative estimate of drug-likeness (QED) is 0.727. The van der Waals surface area contributed by atoms with Crippen molar-refractivity contribution in [3.05, 3.63) is 35.4 Å². The topological polar surface area (TPSA) is 66.8 Å². The number of carbonyl (C=O) groups is 1. The van der Waals surface area contributed by atoms with E-state index in [9.17, 15) is 9.90 Å². The molecule has 0 saturated heterocycles. The molecule has 0 aliphatic heterocycles. The van der Waals surface area contributed by atoms with Gasteiger partial charge in [0.2, 0.25) is 0 Å². The van der Waals surface area contributed by atoms with Crippen LogP contribution in [-0.2, 0) is 16.1 Å². The van der Waals surface area contributed by atoms with Gasteiger partial charge in [0, 0.05) is 0 Å². The van der Waals surface area contributed by atoms with Crippen LogP contribution in [0.1, 0.15) is 24.0 Å². The molecular weight excluding hydrogens is 208 g/mol. The first-order chi connectivity index (χ1) is 7.74. The Bertz CT molecular complexity index is 349. The Hall–Kier alpha value is -1.39. The molecule has 0 aliphatic carbocycles. The standard InChI is InChI=1S/C12H16O4/c1-2-16-12(15)11(8-14)10-6-4-3-5-9(10)7-13/h3-6,11,13-14H,2,7-8H2,1H3. The second kappa shape index (κ2) is 6.25. The fourth-order valence-electron chi connectivity index (χ4n) is 1.56. The Balaban J connectivity index is 2.98. The molecule has 0 fully saturated rings. The average molecular weight is 224 g/mol. The Kier molecular flexibility index (Phi) is 4.95. The molecular formula is C12H16O4. The zero-order valence-corrected chi connectivity index (χ0v) is 9.22. The fourth-order valence-corrected chi connectivity index (χ4v) is 1.56. The summed E-state index contributed by atoms with van der Waals surface area (Å²) in [6.07, 6.45) is 0. The van der Waals surface area contributed by atoms with Crippen molar-refractivity contribution in [3.63, 3.8) is 0 Å². The third-order valence-electron chi connectivity index (χ3n) is 2.35. The van der Waals surface area contributed by atoms with Crippen LogP contribution in [0.5, 0.6) is 0 Å². The van der Waals surface area contributed by atoms with Gasteiger partial charge in [-0.3, -0.25) is 4.79 Å². The minimum atomic E-state index is -0.719. The number of hydrogen-bond acceptors (Lipinski definition) is 4. The molecule has 1 unspecified atom stereocenters. The average Bonchev–Trinajstić information content (AvgIpc) is 2.31. The maximum atomic E-state index is 11.6. The highest BCUT2D eigenvalue weighted by Gasteiger charge is 2.23. The van der Waals surface area contributed by atoms with Crippen molar-refractivity contribution in [1.29, 1.82) is 0 Å². The molecule has 88 valence electrons. The van der Waals surface area contributed by atoms with E-state index in [1.54, 1.807) is 31.2 Å². The number of ether oxygens (including phenoxy) is 1. The Morgan fingerprint density at radius 2 is 2.06 bits per heavy atom. The molecule has 0 radical (unpaired) electrons. The molecule has 4 nitrogen and oxygen atoms in total. The summed E-state index contributed by atoms with van der Waals surface area (Å²) >= 11 is 0. The van der Waals surface area contributed by atoms with Gasteiger partial charge in [-0.25, -0.2) is 0 Å². The van der Waals surface area contributed by atoms with E-state index in [1.165, 1.54) is 0 Å².